The number of hydrogen-bond acceptors (Lipinski definition) is 3. The van der Waals surface area contributed by atoms with Crippen molar-refractivity contribution in [2.45, 2.75) is 20.0 Å². The summed E-state index contributed by atoms with van der Waals surface area (Å²) < 4.78 is 5.74. The van der Waals surface area contributed by atoms with Crippen LogP contribution in [-0.4, -0.2) is 17.3 Å². The summed E-state index contributed by atoms with van der Waals surface area (Å²) in [5, 5.41) is 8.91. The Kier molecular flexibility index (Phi) is 6.00. The molecule has 0 aliphatic carbocycles. The zero-order valence-corrected chi connectivity index (χ0v) is 15.1. The third-order valence-corrected chi connectivity index (χ3v) is 4.19. The SMILES string of the molecule is CCc1ccc(N=Cc2ccc(OCc3ccc(C(=O)O)cc3)cc2)cc1. The van der Waals surface area contributed by atoms with Crippen LogP contribution >= 0.6 is 0 Å². The lowest BCUT2D eigenvalue weighted by molar-refractivity contribution is 0.0697. The second kappa shape index (κ2) is 8.81. The van der Waals surface area contributed by atoms with Crippen LogP contribution in [-0.2, 0) is 13.0 Å². The molecule has 0 heterocycles. The summed E-state index contributed by atoms with van der Waals surface area (Å²) >= 11 is 0. The highest BCUT2D eigenvalue weighted by Crippen LogP contribution is 2.16. The number of aromatic carboxylic acids is 1. The second-order valence-electron chi connectivity index (χ2n) is 6.14. The first-order chi connectivity index (χ1) is 13.1. The van der Waals surface area contributed by atoms with Crippen molar-refractivity contribution in [1.82, 2.24) is 0 Å². The highest BCUT2D eigenvalue weighted by molar-refractivity contribution is 5.87. The van der Waals surface area contributed by atoms with Gasteiger partial charge in [-0.3, -0.25) is 4.99 Å². The average Bonchev–Trinajstić information content (AvgIpc) is 2.72. The molecule has 0 saturated carbocycles. The number of carbonyl (C=O) groups is 1. The minimum Gasteiger partial charge on any atom is -0.489 e. The Balaban J connectivity index is 1.56. The van der Waals surface area contributed by atoms with Crippen molar-refractivity contribution < 1.29 is 14.6 Å². The maximum atomic E-state index is 10.9. The minimum absolute atomic E-state index is 0.270. The van der Waals surface area contributed by atoms with E-state index in [0.29, 0.717) is 6.61 Å². The standard InChI is InChI=1S/C23H21NO3/c1-2-17-5-11-21(12-6-17)24-15-18-7-13-22(14-8-18)27-16-19-3-9-20(10-4-19)23(25)26/h3-15H,2,16H2,1H3,(H,25,26). The summed E-state index contributed by atoms with van der Waals surface area (Å²) in [7, 11) is 0. The molecule has 3 aromatic carbocycles. The molecule has 0 radical (unpaired) electrons. The van der Waals surface area contributed by atoms with E-state index in [2.05, 4.69) is 24.0 Å². The lowest BCUT2D eigenvalue weighted by Gasteiger charge is -2.07. The van der Waals surface area contributed by atoms with Gasteiger partial charge >= 0.3 is 5.97 Å². The van der Waals surface area contributed by atoms with E-state index in [0.717, 1.165) is 29.0 Å². The zero-order valence-electron chi connectivity index (χ0n) is 15.1. The summed E-state index contributed by atoms with van der Waals surface area (Å²) in [5.74, 6) is -0.178. The Morgan fingerprint density at radius 3 is 2.15 bits per heavy atom. The van der Waals surface area contributed by atoms with E-state index in [-0.39, 0.29) is 5.56 Å². The molecule has 0 saturated heterocycles. The molecule has 0 aromatic heterocycles. The summed E-state index contributed by atoms with van der Waals surface area (Å²) in [5.41, 5.74) is 4.41. The van der Waals surface area contributed by atoms with Crippen molar-refractivity contribution in [2.24, 2.45) is 4.99 Å². The molecular weight excluding hydrogens is 338 g/mol. The average molecular weight is 359 g/mol. The number of hydrogen-bond donors (Lipinski definition) is 1. The topological polar surface area (TPSA) is 58.9 Å². The summed E-state index contributed by atoms with van der Waals surface area (Å²) in [6.07, 6.45) is 2.85. The van der Waals surface area contributed by atoms with Crippen LogP contribution in [0.5, 0.6) is 5.75 Å². The van der Waals surface area contributed by atoms with Gasteiger partial charge in [-0.15, -0.1) is 0 Å². The summed E-state index contributed by atoms with van der Waals surface area (Å²) in [6, 6.07) is 22.6. The van der Waals surface area contributed by atoms with Gasteiger partial charge in [-0.05, 0) is 71.6 Å². The highest BCUT2D eigenvalue weighted by Gasteiger charge is 2.02. The Labute approximate surface area is 158 Å². The third kappa shape index (κ3) is 5.28. The van der Waals surface area contributed by atoms with E-state index < -0.39 is 5.97 Å². The van der Waals surface area contributed by atoms with Gasteiger partial charge in [0.05, 0.1) is 11.3 Å². The quantitative estimate of drug-likeness (QED) is 0.584. The second-order valence-corrected chi connectivity index (χ2v) is 6.14. The van der Waals surface area contributed by atoms with Gasteiger partial charge in [0.15, 0.2) is 0 Å². The molecule has 0 fully saturated rings. The van der Waals surface area contributed by atoms with Crippen molar-refractivity contribution in [1.29, 1.82) is 0 Å². The molecule has 0 atom stereocenters. The molecule has 0 aliphatic rings. The highest BCUT2D eigenvalue weighted by atomic mass is 16.5. The van der Waals surface area contributed by atoms with Gasteiger partial charge in [-0.25, -0.2) is 4.79 Å². The fourth-order valence-corrected chi connectivity index (χ4v) is 2.53. The van der Waals surface area contributed by atoms with E-state index in [9.17, 15) is 4.79 Å². The maximum Gasteiger partial charge on any atom is 0.335 e. The fourth-order valence-electron chi connectivity index (χ4n) is 2.53. The Bertz CT molecular complexity index is 911. The third-order valence-electron chi connectivity index (χ3n) is 4.19. The van der Waals surface area contributed by atoms with Crippen LogP contribution in [0.25, 0.3) is 0 Å². The van der Waals surface area contributed by atoms with Crippen molar-refractivity contribution in [3.05, 3.63) is 95.1 Å². The number of benzene rings is 3. The number of aliphatic imine (C=N–C) groups is 1. The number of aryl methyl sites for hydroxylation is 1. The predicted octanol–water partition coefficient (Wildman–Crippen LogP) is 5.28. The minimum atomic E-state index is -0.930. The van der Waals surface area contributed by atoms with E-state index >= 15 is 0 Å². The Hall–Kier alpha value is -3.40. The lowest BCUT2D eigenvalue weighted by atomic mass is 10.1. The van der Waals surface area contributed by atoms with E-state index in [4.69, 9.17) is 9.84 Å². The predicted molar refractivity (Wildman–Crippen MR) is 107 cm³/mol. The molecule has 4 nitrogen and oxygen atoms in total. The van der Waals surface area contributed by atoms with Gasteiger partial charge in [0.2, 0.25) is 0 Å². The molecule has 1 N–H and O–H groups in total. The number of carboxylic acid groups (broad SMARTS) is 1. The molecule has 0 spiro atoms. The van der Waals surface area contributed by atoms with E-state index in [1.54, 1.807) is 24.3 Å². The first-order valence-corrected chi connectivity index (χ1v) is 8.82. The van der Waals surface area contributed by atoms with Crippen molar-refractivity contribution in [3.8, 4) is 5.75 Å². The van der Waals surface area contributed by atoms with Crippen LogP contribution in [0, 0.1) is 0 Å². The Morgan fingerprint density at radius 2 is 1.56 bits per heavy atom. The molecular formula is C23H21NO3. The van der Waals surface area contributed by atoms with Gasteiger partial charge in [0.25, 0.3) is 0 Å². The molecule has 136 valence electrons. The first-order valence-electron chi connectivity index (χ1n) is 8.82. The monoisotopic (exact) mass is 359 g/mol. The molecule has 0 unspecified atom stereocenters. The van der Waals surface area contributed by atoms with E-state index in [1.807, 2.05) is 42.6 Å². The number of nitrogens with zero attached hydrogens (tertiary/aromatic N) is 1. The van der Waals surface area contributed by atoms with Crippen LogP contribution in [0.4, 0.5) is 5.69 Å². The normalized spacial score (nSPS) is 10.9. The first kappa shape index (κ1) is 18.4. The number of ether oxygens (including phenoxy) is 1. The van der Waals surface area contributed by atoms with Gasteiger partial charge < -0.3 is 9.84 Å². The largest absolute Gasteiger partial charge is 0.489 e. The number of rotatable bonds is 7. The van der Waals surface area contributed by atoms with Crippen LogP contribution < -0.4 is 4.74 Å². The Morgan fingerprint density at radius 1 is 0.926 bits per heavy atom. The van der Waals surface area contributed by atoms with Crippen molar-refractivity contribution >= 4 is 17.9 Å². The molecule has 27 heavy (non-hydrogen) atoms. The smallest absolute Gasteiger partial charge is 0.335 e. The van der Waals surface area contributed by atoms with Gasteiger partial charge in [-0.2, -0.15) is 0 Å². The van der Waals surface area contributed by atoms with Crippen molar-refractivity contribution in [3.63, 3.8) is 0 Å². The summed E-state index contributed by atoms with van der Waals surface area (Å²) in [4.78, 5) is 15.3. The molecule has 0 amide bonds. The lowest BCUT2D eigenvalue weighted by Crippen LogP contribution is -1.99. The molecule has 0 aliphatic heterocycles. The van der Waals surface area contributed by atoms with Crippen LogP contribution in [0.1, 0.15) is 34.0 Å². The summed E-state index contributed by atoms with van der Waals surface area (Å²) in [6.45, 7) is 2.52. The van der Waals surface area contributed by atoms with Gasteiger partial charge in [0.1, 0.15) is 12.4 Å². The molecule has 0 bridgehead atoms. The maximum absolute atomic E-state index is 10.9. The molecule has 3 rings (SSSR count). The molecule has 3 aromatic rings. The van der Waals surface area contributed by atoms with Crippen molar-refractivity contribution in [2.75, 3.05) is 0 Å². The van der Waals surface area contributed by atoms with Gasteiger partial charge in [-0.1, -0.05) is 31.2 Å². The van der Waals surface area contributed by atoms with Crippen LogP contribution in [0.3, 0.4) is 0 Å². The van der Waals surface area contributed by atoms with Crippen LogP contribution in [0.2, 0.25) is 0 Å². The number of carboxylic acids is 1. The molecule has 4 heteroatoms. The fraction of sp³-hybridized carbons (Fsp3) is 0.130. The van der Waals surface area contributed by atoms with Crippen LogP contribution in [0.15, 0.2) is 77.8 Å². The zero-order chi connectivity index (χ0) is 19.1. The van der Waals surface area contributed by atoms with E-state index in [1.165, 1.54) is 5.56 Å². The van der Waals surface area contributed by atoms with Gasteiger partial charge in [0, 0.05) is 6.21 Å².